The third kappa shape index (κ3) is 6.04. The first kappa shape index (κ1) is 26.9. The molecule has 0 radical (unpaired) electrons. The van der Waals surface area contributed by atoms with Crippen LogP contribution in [0.2, 0.25) is 0 Å². The second-order valence-electron chi connectivity index (χ2n) is 10.6. The summed E-state index contributed by atoms with van der Waals surface area (Å²) in [6, 6.07) is 5.77. The molecule has 5 heteroatoms. The molecule has 196 valence electrons. The van der Waals surface area contributed by atoms with E-state index in [2.05, 4.69) is 19.1 Å². The summed E-state index contributed by atoms with van der Waals surface area (Å²) in [5.41, 5.74) is 0.0502. The van der Waals surface area contributed by atoms with Crippen LogP contribution in [0.4, 0.5) is 17.6 Å². The third-order valence-electron chi connectivity index (χ3n) is 8.16. The van der Waals surface area contributed by atoms with Gasteiger partial charge in [0.1, 0.15) is 0 Å². The lowest BCUT2D eigenvalue weighted by molar-refractivity contribution is -0.00181. The average Bonchev–Trinajstić information content (AvgIpc) is 2.89. The highest BCUT2D eigenvalue weighted by molar-refractivity contribution is 5.66. The van der Waals surface area contributed by atoms with Gasteiger partial charge >= 0.3 is 0 Å². The molecular weight excluding hydrogens is 464 g/mol. The van der Waals surface area contributed by atoms with Crippen molar-refractivity contribution in [2.75, 3.05) is 6.61 Å². The molecule has 2 aliphatic rings. The summed E-state index contributed by atoms with van der Waals surface area (Å²) in [5, 5.41) is 0. The van der Waals surface area contributed by atoms with Gasteiger partial charge in [0.2, 0.25) is 0 Å². The van der Waals surface area contributed by atoms with Gasteiger partial charge in [-0.25, -0.2) is 17.6 Å². The summed E-state index contributed by atoms with van der Waals surface area (Å²) in [6.07, 6.45) is 13.7. The summed E-state index contributed by atoms with van der Waals surface area (Å²) >= 11 is 0. The van der Waals surface area contributed by atoms with Crippen LogP contribution in [0.15, 0.2) is 36.4 Å². The number of rotatable bonds is 8. The van der Waals surface area contributed by atoms with Gasteiger partial charge in [-0.05, 0) is 87.7 Å². The Labute approximate surface area is 212 Å². The molecule has 0 spiro atoms. The molecule has 0 N–H and O–H groups in total. The van der Waals surface area contributed by atoms with Gasteiger partial charge in [0, 0.05) is 17.0 Å². The molecule has 2 aromatic carbocycles. The molecule has 1 saturated heterocycles. The van der Waals surface area contributed by atoms with Crippen LogP contribution in [0.25, 0.3) is 11.1 Å². The van der Waals surface area contributed by atoms with Crippen LogP contribution in [0.5, 0.6) is 0 Å². The molecule has 1 aliphatic heterocycles. The van der Waals surface area contributed by atoms with Gasteiger partial charge in [0.05, 0.1) is 12.7 Å². The fourth-order valence-corrected chi connectivity index (χ4v) is 5.98. The van der Waals surface area contributed by atoms with Gasteiger partial charge < -0.3 is 4.74 Å². The van der Waals surface area contributed by atoms with Gasteiger partial charge in [-0.1, -0.05) is 49.8 Å². The van der Waals surface area contributed by atoms with Crippen LogP contribution in [0, 0.1) is 35.1 Å². The van der Waals surface area contributed by atoms with E-state index in [1.165, 1.54) is 24.3 Å². The topological polar surface area (TPSA) is 9.23 Å². The minimum absolute atomic E-state index is 0.169. The van der Waals surface area contributed by atoms with E-state index in [0.717, 1.165) is 57.8 Å². The highest BCUT2D eigenvalue weighted by atomic mass is 19.2. The number of aryl methyl sites for hydroxylation is 1. The van der Waals surface area contributed by atoms with Gasteiger partial charge in [-0.2, -0.15) is 0 Å². The fraction of sp³-hybridized carbons (Fsp3) is 0.548. The van der Waals surface area contributed by atoms with E-state index in [9.17, 15) is 4.39 Å². The monoisotopic (exact) mass is 502 g/mol. The second-order valence-corrected chi connectivity index (χ2v) is 10.6. The SMILES string of the molecule is CC=CC1CCC(CCc2ccc(-c3ccc(C4CCC(CCC)OC4)c(F)c3F)c(F)c2F)CC1. The second kappa shape index (κ2) is 12.4. The number of halogens is 4. The molecule has 1 saturated carbocycles. The first-order valence-corrected chi connectivity index (χ1v) is 13.6. The summed E-state index contributed by atoms with van der Waals surface area (Å²) in [4.78, 5) is 0. The largest absolute Gasteiger partial charge is 0.378 e. The number of hydrogen-bond acceptors (Lipinski definition) is 1. The minimum Gasteiger partial charge on any atom is -0.378 e. The normalized spacial score (nSPS) is 24.9. The standard InChI is InChI=1S/C31H38F4O/c1-3-5-20-7-9-21(10-8-20)11-12-22-14-16-26(30(34)28(22)32)27-18-17-25(29(33)31(27)35)23-13-15-24(6-4-2)36-19-23/h3,5,14,16-18,20-21,23-24H,4,6-13,15,19H2,1-2H3. The van der Waals surface area contributed by atoms with Crippen LogP contribution >= 0.6 is 0 Å². The molecule has 2 unspecified atom stereocenters. The highest BCUT2D eigenvalue weighted by Crippen LogP contribution is 2.37. The van der Waals surface area contributed by atoms with Crippen molar-refractivity contribution in [2.45, 2.75) is 90.1 Å². The zero-order valence-electron chi connectivity index (χ0n) is 21.5. The minimum atomic E-state index is -1.13. The maximum Gasteiger partial charge on any atom is 0.167 e. The smallest absolute Gasteiger partial charge is 0.167 e. The quantitative estimate of drug-likeness (QED) is 0.258. The van der Waals surface area contributed by atoms with E-state index in [4.69, 9.17) is 4.74 Å². The van der Waals surface area contributed by atoms with Crippen molar-refractivity contribution in [3.8, 4) is 11.1 Å². The first-order valence-electron chi connectivity index (χ1n) is 13.6. The zero-order valence-corrected chi connectivity index (χ0v) is 21.5. The lowest BCUT2D eigenvalue weighted by atomic mass is 9.79. The van der Waals surface area contributed by atoms with E-state index < -0.39 is 23.3 Å². The van der Waals surface area contributed by atoms with Crippen molar-refractivity contribution < 1.29 is 22.3 Å². The van der Waals surface area contributed by atoms with Gasteiger partial charge in [-0.15, -0.1) is 0 Å². The Morgan fingerprint density at radius 3 is 2.14 bits per heavy atom. The molecule has 0 amide bonds. The van der Waals surface area contributed by atoms with Gasteiger partial charge in [0.25, 0.3) is 0 Å². The summed E-state index contributed by atoms with van der Waals surface area (Å²) in [5.74, 6) is -3.29. The first-order chi connectivity index (χ1) is 17.4. The van der Waals surface area contributed by atoms with Crippen molar-refractivity contribution in [3.63, 3.8) is 0 Å². The number of benzene rings is 2. The Bertz CT molecular complexity index is 1050. The average molecular weight is 503 g/mol. The molecule has 36 heavy (non-hydrogen) atoms. The fourth-order valence-electron chi connectivity index (χ4n) is 5.98. The number of hydrogen-bond donors (Lipinski definition) is 0. The molecular formula is C31H38F4O. The van der Waals surface area contributed by atoms with Crippen molar-refractivity contribution in [2.24, 2.45) is 11.8 Å². The van der Waals surface area contributed by atoms with Crippen LogP contribution in [0.3, 0.4) is 0 Å². The summed E-state index contributed by atoms with van der Waals surface area (Å²) < 4.78 is 65.9. The molecule has 1 nitrogen and oxygen atoms in total. The Hall–Kier alpha value is -2.14. The van der Waals surface area contributed by atoms with Crippen molar-refractivity contribution in [1.82, 2.24) is 0 Å². The van der Waals surface area contributed by atoms with Crippen LogP contribution in [0.1, 0.15) is 88.7 Å². The van der Waals surface area contributed by atoms with Gasteiger partial charge in [-0.3, -0.25) is 0 Å². The molecule has 2 fully saturated rings. The number of allylic oxidation sites excluding steroid dienone is 2. The molecule has 0 aromatic heterocycles. The summed E-state index contributed by atoms with van der Waals surface area (Å²) in [7, 11) is 0. The Kier molecular flexibility index (Phi) is 9.27. The van der Waals surface area contributed by atoms with Crippen LogP contribution in [-0.4, -0.2) is 12.7 Å². The van der Waals surface area contributed by atoms with Crippen molar-refractivity contribution in [1.29, 1.82) is 0 Å². The van der Waals surface area contributed by atoms with E-state index in [-0.39, 0.29) is 28.7 Å². The lowest BCUT2D eigenvalue weighted by Crippen LogP contribution is -2.25. The molecule has 4 rings (SSSR count). The van der Waals surface area contributed by atoms with Crippen molar-refractivity contribution >= 4 is 0 Å². The van der Waals surface area contributed by atoms with Crippen molar-refractivity contribution in [3.05, 3.63) is 70.8 Å². The highest BCUT2D eigenvalue weighted by Gasteiger charge is 2.28. The van der Waals surface area contributed by atoms with E-state index in [1.807, 2.05) is 6.92 Å². The summed E-state index contributed by atoms with van der Waals surface area (Å²) in [6.45, 7) is 4.47. The Morgan fingerprint density at radius 1 is 0.806 bits per heavy atom. The van der Waals surface area contributed by atoms with E-state index in [0.29, 0.717) is 30.4 Å². The molecule has 0 bridgehead atoms. The predicted molar refractivity (Wildman–Crippen MR) is 137 cm³/mol. The van der Waals surface area contributed by atoms with Crippen LogP contribution < -0.4 is 0 Å². The predicted octanol–water partition coefficient (Wildman–Crippen LogP) is 9.29. The third-order valence-corrected chi connectivity index (χ3v) is 8.16. The maximum absolute atomic E-state index is 15.1. The Morgan fingerprint density at radius 2 is 1.50 bits per heavy atom. The lowest BCUT2D eigenvalue weighted by Gasteiger charge is -2.29. The number of ether oxygens (including phenoxy) is 1. The zero-order chi connectivity index (χ0) is 25.7. The maximum atomic E-state index is 15.1. The molecule has 1 aliphatic carbocycles. The van der Waals surface area contributed by atoms with E-state index in [1.54, 1.807) is 0 Å². The molecule has 2 atom stereocenters. The molecule has 1 heterocycles. The molecule has 2 aromatic rings. The van der Waals surface area contributed by atoms with Gasteiger partial charge in [0.15, 0.2) is 23.3 Å². The Balaban J connectivity index is 1.44. The van der Waals surface area contributed by atoms with Crippen LogP contribution in [-0.2, 0) is 11.2 Å². The van der Waals surface area contributed by atoms with E-state index >= 15 is 13.2 Å².